The van der Waals surface area contributed by atoms with Crippen LogP contribution in [-0.2, 0) is 0 Å². The Bertz CT molecular complexity index is 690. The summed E-state index contributed by atoms with van der Waals surface area (Å²) in [5.41, 5.74) is -0.0255. The molecule has 8 nitrogen and oxygen atoms in total. The Hall–Kier alpha value is -2.74. The molecule has 21 heavy (non-hydrogen) atoms. The van der Waals surface area contributed by atoms with Crippen molar-refractivity contribution in [1.82, 2.24) is 9.97 Å². The average molecular weight is 309 g/mol. The van der Waals surface area contributed by atoms with Crippen molar-refractivity contribution in [3.63, 3.8) is 0 Å². The maximum Gasteiger partial charge on any atom is 0.288 e. The molecule has 0 unspecified atom stereocenters. The Balaban J connectivity index is 2.23. The number of aromatic nitrogens is 2. The number of rotatable bonds is 4. The lowest BCUT2D eigenvalue weighted by Crippen LogP contribution is -2.13. The van der Waals surface area contributed by atoms with Gasteiger partial charge in [0.1, 0.15) is 11.3 Å². The first-order valence-electron chi connectivity index (χ1n) is 5.62. The molecule has 0 saturated heterocycles. The molecule has 108 valence electrons. The lowest BCUT2D eigenvalue weighted by Gasteiger charge is -2.06. The van der Waals surface area contributed by atoms with Gasteiger partial charge in [-0.25, -0.2) is 9.97 Å². The van der Waals surface area contributed by atoms with Crippen LogP contribution in [0.2, 0.25) is 5.15 Å². The number of ether oxygens (including phenoxy) is 1. The van der Waals surface area contributed by atoms with Crippen LogP contribution in [0.25, 0.3) is 0 Å². The Morgan fingerprint density at radius 2 is 2.14 bits per heavy atom. The van der Waals surface area contributed by atoms with Crippen molar-refractivity contribution in [3.05, 3.63) is 51.4 Å². The number of amides is 1. The lowest BCUT2D eigenvalue weighted by molar-refractivity contribution is -0.385. The van der Waals surface area contributed by atoms with Gasteiger partial charge in [-0.2, -0.15) is 0 Å². The van der Waals surface area contributed by atoms with Gasteiger partial charge in [0.2, 0.25) is 5.88 Å². The Kier molecular flexibility index (Phi) is 4.29. The van der Waals surface area contributed by atoms with Gasteiger partial charge in [-0.05, 0) is 6.07 Å². The zero-order valence-electron chi connectivity index (χ0n) is 10.7. The van der Waals surface area contributed by atoms with Gasteiger partial charge < -0.3 is 10.1 Å². The number of halogens is 1. The minimum absolute atomic E-state index is 0.0957. The van der Waals surface area contributed by atoms with Crippen LogP contribution in [0.5, 0.6) is 5.88 Å². The van der Waals surface area contributed by atoms with Crippen molar-refractivity contribution in [2.24, 2.45) is 0 Å². The van der Waals surface area contributed by atoms with E-state index in [1.807, 2.05) is 0 Å². The molecule has 0 radical (unpaired) electrons. The minimum Gasteiger partial charge on any atom is -0.481 e. The van der Waals surface area contributed by atoms with Crippen LogP contribution in [0.15, 0.2) is 30.6 Å². The molecule has 9 heteroatoms. The summed E-state index contributed by atoms with van der Waals surface area (Å²) in [5, 5.41) is 13.1. The van der Waals surface area contributed by atoms with Gasteiger partial charge in [-0.15, -0.1) is 0 Å². The smallest absolute Gasteiger partial charge is 0.288 e. The molecule has 2 heterocycles. The molecule has 0 atom stereocenters. The van der Waals surface area contributed by atoms with Gasteiger partial charge in [-0.3, -0.25) is 14.9 Å². The van der Waals surface area contributed by atoms with Crippen molar-refractivity contribution >= 4 is 28.9 Å². The van der Waals surface area contributed by atoms with Crippen molar-refractivity contribution in [2.75, 3.05) is 12.4 Å². The van der Waals surface area contributed by atoms with Crippen LogP contribution in [0.1, 0.15) is 10.4 Å². The van der Waals surface area contributed by atoms with Crippen LogP contribution >= 0.6 is 11.6 Å². The molecule has 0 aliphatic heterocycles. The molecule has 0 fully saturated rings. The molecule has 0 saturated carbocycles. The first-order valence-corrected chi connectivity index (χ1v) is 6.00. The monoisotopic (exact) mass is 308 g/mol. The molecular formula is C12H9ClN4O4. The Morgan fingerprint density at radius 3 is 2.71 bits per heavy atom. The molecule has 0 aliphatic carbocycles. The van der Waals surface area contributed by atoms with Gasteiger partial charge in [0.25, 0.3) is 11.6 Å². The van der Waals surface area contributed by atoms with E-state index in [4.69, 9.17) is 16.3 Å². The largest absolute Gasteiger partial charge is 0.481 e. The standard InChI is InChI=1S/C12H9ClN4O4/c1-21-10-3-2-7(5-14-10)16-12(18)9-4-8(17(19)20)6-15-11(9)13/h2-6H,1H3,(H,16,18). The number of anilines is 1. The van der Waals surface area contributed by atoms with E-state index >= 15 is 0 Å². The first-order chi connectivity index (χ1) is 10.0. The second kappa shape index (κ2) is 6.14. The number of nitrogens with zero attached hydrogens (tertiary/aromatic N) is 3. The summed E-state index contributed by atoms with van der Waals surface area (Å²) in [7, 11) is 1.47. The van der Waals surface area contributed by atoms with E-state index in [-0.39, 0.29) is 16.4 Å². The maximum atomic E-state index is 12.0. The highest BCUT2D eigenvalue weighted by molar-refractivity contribution is 6.33. The molecule has 0 aromatic carbocycles. The minimum atomic E-state index is -0.658. The van der Waals surface area contributed by atoms with Crippen LogP contribution < -0.4 is 10.1 Å². The van der Waals surface area contributed by atoms with E-state index in [1.54, 1.807) is 12.1 Å². The number of carbonyl (C=O) groups excluding carboxylic acids is 1. The van der Waals surface area contributed by atoms with E-state index in [1.165, 1.54) is 13.3 Å². The van der Waals surface area contributed by atoms with Gasteiger partial charge >= 0.3 is 0 Å². The second-order valence-corrected chi connectivity index (χ2v) is 4.19. The number of hydrogen-bond donors (Lipinski definition) is 1. The molecular weight excluding hydrogens is 300 g/mol. The predicted molar refractivity (Wildman–Crippen MR) is 74.6 cm³/mol. The topological polar surface area (TPSA) is 107 Å². The van der Waals surface area contributed by atoms with Crippen LogP contribution in [0.4, 0.5) is 11.4 Å². The fraction of sp³-hybridized carbons (Fsp3) is 0.0833. The number of methoxy groups -OCH3 is 1. The summed E-state index contributed by atoms with van der Waals surface area (Å²) in [6, 6.07) is 4.19. The molecule has 0 spiro atoms. The highest BCUT2D eigenvalue weighted by Crippen LogP contribution is 2.20. The first kappa shape index (κ1) is 14.7. The third kappa shape index (κ3) is 3.42. The van der Waals surface area contributed by atoms with Gasteiger partial charge in [0.15, 0.2) is 0 Å². The van der Waals surface area contributed by atoms with E-state index in [0.29, 0.717) is 11.6 Å². The number of hydrogen-bond acceptors (Lipinski definition) is 6. The number of carbonyl (C=O) groups is 1. The molecule has 2 rings (SSSR count). The SMILES string of the molecule is COc1ccc(NC(=O)c2cc([N+](=O)[O-])cnc2Cl)cn1. The van der Waals surface area contributed by atoms with Gasteiger partial charge in [-0.1, -0.05) is 11.6 Å². The highest BCUT2D eigenvalue weighted by Gasteiger charge is 2.17. The number of nitro groups is 1. The van der Waals surface area contributed by atoms with Crippen molar-refractivity contribution in [3.8, 4) is 5.88 Å². The summed E-state index contributed by atoms with van der Waals surface area (Å²) in [6.45, 7) is 0. The fourth-order valence-electron chi connectivity index (χ4n) is 1.47. The zero-order chi connectivity index (χ0) is 15.4. The normalized spacial score (nSPS) is 10.0. The van der Waals surface area contributed by atoms with Crippen molar-refractivity contribution in [1.29, 1.82) is 0 Å². The summed E-state index contributed by atoms with van der Waals surface area (Å²) >= 11 is 5.78. The number of nitrogens with one attached hydrogen (secondary N) is 1. The summed E-state index contributed by atoms with van der Waals surface area (Å²) in [4.78, 5) is 29.6. The zero-order valence-corrected chi connectivity index (χ0v) is 11.5. The molecule has 1 amide bonds. The molecule has 0 aliphatic rings. The maximum absolute atomic E-state index is 12.0. The molecule has 0 bridgehead atoms. The van der Waals surface area contributed by atoms with Crippen LogP contribution in [0, 0.1) is 10.1 Å². The van der Waals surface area contributed by atoms with E-state index in [2.05, 4.69) is 15.3 Å². The van der Waals surface area contributed by atoms with Crippen molar-refractivity contribution in [2.45, 2.75) is 0 Å². The van der Waals surface area contributed by atoms with Gasteiger partial charge in [0, 0.05) is 12.1 Å². The fourth-order valence-corrected chi connectivity index (χ4v) is 1.66. The Labute approximate surface area is 123 Å². The third-order valence-electron chi connectivity index (χ3n) is 2.48. The Morgan fingerprint density at radius 1 is 1.38 bits per heavy atom. The quantitative estimate of drug-likeness (QED) is 0.527. The number of pyridine rings is 2. The average Bonchev–Trinajstić information content (AvgIpc) is 2.48. The predicted octanol–water partition coefficient (Wildman–Crippen LogP) is 2.30. The van der Waals surface area contributed by atoms with E-state index in [9.17, 15) is 14.9 Å². The molecule has 2 aromatic rings. The highest BCUT2D eigenvalue weighted by atomic mass is 35.5. The summed E-state index contributed by atoms with van der Waals surface area (Å²) in [5.74, 6) is -0.230. The summed E-state index contributed by atoms with van der Waals surface area (Å²) in [6.07, 6.45) is 2.36. The molecule has 1 N–H and O–H groups in total. The van der Waals surface area contributed by atoms with Crippen LogP contribution in [-0.4, -0.2) is 27.9 Å². The van der Waals surface area contributed by atoms with Gasteiger partial charge in [0.05, 0.1) is 29.5 Å². The lowest BCUT2D eigenvalue weighted by atomic mass is 10.2. The summed E-state index contributed by atoms with van der Waals surface area (Å²) < 4.78 is 4.89. The van der Waals surface area contributed by atoms with Crippen molar-refractivity contribution < 1.29 is 14.5 Å². The van der Waals surface area contributed by atoms with E-state index in [0.717, 1.165) is 12.3 Å². The molecule has 2 aromatic heterocycles. The van der Waals surface area contributed by atoms with Crippen LogP contribution in [0.3, 0.4) is 0 Å². The second-order valence-electron chi connectivity index (χ2n) is 3.83. The third-order valence-corrected chi connectivity index (χ3v) is 2.78. The van der Waals surface area contributed by atoms with E-state index < -0.39 is 10.8 Å².